The quantitative estimate of drug-likeness (QED) is 0.853. The van der Waals surface area contributed by atoms with Crippen LogP contribution in [-0.2, 0) is 6.42 Å². The summed E-state index contributed by atoms with van der Waals surface area (Å²) in [5, 5.41) is 6.12. The molecule has 0 bridgehead atoms. The third-order valence-electron chi connectivity index (χ3n) is 3.16. The molecule has 2 N–H and O–H groups in total. The van der Waals surface area contributed by atoms with Gasteiger partial charge in [-0.15, -0.1) is 0 Å². The molecule has 0 atom stereocenters. The molecule has 0 heterocycles. The Kier molecular flexibility index (Phi) is 5.46. The molecule has 1 amide bonds. The fourth-order valence-corrected chi connectivity index (χ4v) is 2.20. The highest BCUT2D eigenvalue weighted by Gasteiger charge is 2.09. The second kappa shape index (κ2) is 7.55. The van der Waals surface area contributed by atoms with Gasteiger partial charge >= 0.3 is 0 Å². The maximum Gasteiger partial charge on any atom is 0.257 e. The van der Waals surface area contributed by atoms with Gasteiger partial charge in [0.2, 0.25) is 0 Å². The van der Waals surface area contributed by atoms with Gasteiger partial charge in [0.15, 0.2) is 5.11 Å². The maximum absolute atomic E-state index is 12.1. The van der Waals surface area contributed by atoms with E-state index in [9.17, 15) is 4.79 Å². The van der Waals surface area contributed by atoms with E-state index in [1.165, 1.54) is 5.56 Å². The van der Waals surface area contributed by atoms with Crippen LogP contribution in [0.3, 0.4) is 0 Å². The lowest BCUT2D eigenvalue weighted by Crippen LogP contribution is -2.40. The summed E-state index contributed by atoms with van der Waals surface area (Å²) in [4.78, 5) is 12.1. The van der Waals surface area contributed by atoms with Gasteiger partial charge in [-0.3, -0.25) is 10.1 Å². The number of carbonyl (C=O) groups is 1. The van der Waals surface area contributed by atoms with E-state index in [1.54, 1.807) is 6.07 Å². The Labute approximate surface area is 130 Å². The van der Waals surface area contributed by atoms with Crippen molar-refractivity contribution in [3.63, 3.8) is 0 Å². The molecule has 0 saturated carbocycles. The topological polar surface area (TPSA) is 41.1 Å². The zero-order valence-electron chi connectivity index (χ0n) is 11.9. The van der Waals surface area contributed by atoms with Crippen molar-refractivity contribution in [1.29, 1.82) is 0 Å². The lowest BCUT2D eigenvalue weighted by atomic mass is 10.1. The smallest absolute Gasteiger partial charge is 0.257 e. The molecule has 0 unspecified atom stereocenters. The molecule has 3 nitrogen and oxygen atoms in total. The van der Waals surface area contributed by atoms with E-state index in [0.717, 1.165) is 12.0 Å². The van der Waals surface area contributed by atoms with Gasteiger partial charge < -0.3 is 5.32 Å². The van der Waals surface area contributed by atoms with Crippen molar-refractivity contribution >= 4 is 23.2 Å². The Hall–Kier alpha value is -2.20. The summed E-state index contributed by atoms with van der Waals surface area (Å²) in [6.45, 7) is 2.59. The molecule has 108 valence electrons. The molecule has 0 saturated heterocycles. The van der Waals surface area contributed by atoms with Gasteiger partial charge in [-0.1, -0.05) is 48.5 Å². The number of aryl methyl sites for hydroxylation is 1. The summed E-state index contributed by atoms with van der Waals surface area (Å²) in [7, 11) is 0. The predicted octanol–water partition coefficient (Wildman–Crippen LogP) is 2.84. The van der Waals surface area contributed by atoms with Crippen molar-refractivity contribution < 1.29 is 4.79 Å². The van der Waals surface area contributed by atoms with Crippen LogP contribution in [0.15, 0.2) is 54.6 Å². The van der Waals surface area contributed by atoms with Crippen LogP contribution in [-0.4, -0.2) is 17.6 Å². The van der Waals surface area contributed by atoms with Crippen molar-refractivity contribution in [1.82, 2.24) is 10.6 Å². The number of carbonyl (C=O) groups excluding carboxylic acids is 1. The largest absolute Gasteiger partial charge is 0.362 e. The standard InChI is InChI=1S/C17H18N2OS/c1-13-7-5-6-10-15(13)16(20)19-17(21)18-12-11-14-8-3-2-4-9-14/h2-10H,11-12H2,1H3,(H2,18,19,20,21). The fraction of sp³-hybridized carbons (Fsp3) is 0.176. The maximum atomic E-state index is 12.1. The first kappa shape index (κ1) is 15.2. The van der Waals surface area contributed by atoms with Crippen molar-refractivity contribution in [3.05, 3.63) is 71.3 Å². The molecular formula is C17H18N2OS. The molecule has 0 aliphatic rings. The molecule has 2 aromatic rings. The van der Waals surface area contributed by atoms with E-state index in [2.05, 4.69) is 22.8 Å². The zero-order valence-corrected chi connectivity index (χ0v) is 12.7. The monoisotopic (exact) mass is 298 g/mol. The fourth-order valence-electron chi connectivity index (χ4n) is 2.01. The third-order valence-corrected chi connectivity index (χ3v) is 3.41. The Balaban J connectivity index is 1.80. The zero-order chi connectivity index (χ0) is 15.1. The van der Waals surface area contributed by atoms with Crippen LogP contribution in [0.2, 0.25) is 0 Å². The molecular weight excluding hydrogens is 280 g/mol. The number of thiocarbonyl (C=S) groups is 1. The van der Waals surface area contributed by atoms with Crippen LogP contribution in [0.4, 0.5) is 0 Å². The van der Waals surface area contributed by atoms with E-state index in [-0.39, 0.29) is 5.91 Å². The van der Waals surface area contributed by atoms with E-state index < -0.39 is 0 Å². The van der Waals surface area contributed by atoms with Crippen LogP contribution in [0.25, 0.3) is 0 Å². The molecule has 0 radical (unpaired) electrons. The number of amides is 1. The third kappa shape index (κ3) is 4.68. The van der Waals surface area contributed by atoms with E-state index in [4.69, 9.17) is 12.2 Å². The van der Waals surface area contributed by atoms with E-state index >= 15 is 0 Å². The number of hydrogen-bond acceptors (Lipinski definition) is 2. The number of hydrogen-bond donors (Lipinski definition) is 2. The second-order valence-electron chi connectivity index (χ2n) is 4.76. The molecule has 2 rings (SSSR count). The average Bonchev–Trinajstić information content (AvgIpc) is 2.48. The van der Waals surface area contributed by atoms with Gasteiger partial charge in [0.1, 0.15) is 0 Å². The van der Waals surface area contributed by atoms with E-state index in [1.807, 2.05) is 43.3 Å². The van der Waals surface area contributed by atoms with Crippen molar-refractivity contribution in [3.8, 4) is 0 Å². The second-order valence-corrected chi connectivity index (χ2v) is 5.17. The van der Waals surface area contributed by atoms with Crippen molar-refractivity contribution in [2.75, 3.05) is 6.54 Å². The summed E-state index contributed by atoms with van der Waals surface area (Å²) < 4.78 is 0. The van der Waals surface area contributed by atoms with Gasteiger partial charge in [-0.2, -0.15) is 0 Å². The first-order chi connectivity index (χ1) is 10.2. The number of benzene rings is 2. The Morgan fingerprint density at radius 2 is 1.71 bits per heavy atom. The van der Waals surface area contributed by atoms with Crippen LogP contribution in [0, 0.1) is 6.92 Å². The first-order valence-corrected chi connectivity index (χ1v) is 7.26. The Morgan fingerprint density at radius 1 is 1.05 bits per heavy atom. The lowest BCUT2D eigenvalue weighted by molar-refractivity contribution is 0.0976. The van der Waals surface area contributed by atoms with E-state index in [0.29, 0.717) is 17.2 Å². The van der Waals surface area contributed by atoms with Crippen molar-refractivity contribution in [2.24, 2.45) is 0 Å². The minimum atomic E-state index is -0.176. The van der Waals surface area contributed by atoms with Gasteiger partial charge in [0.25, 0.3) is 5.91 Å². The molecule has 21 heavy (non-hydrogen) atoms. The van der Waals surface area contributed by atoms with Gasteiger partial charge in [0, 0.05) is 12.1 Å². The number of nitrogens with one attached hydrogen (secondary N) is 2. The van der Waals surface area contributed by atoms with Gasteiger partial charge in [0.05, 0.1) is 0 Å². The minimum absolute atomic E-state index is 0.176. The first-order valence-electron chi connectivity index (χ1n) is 6.85. The summed E-state index contributed by atoms with van der Waals surface area (Å²) >= 11 is 5.15. The molecule has 0 fully saturated rings. The van der Waals surface area contributed by atoms with Gasteiger partial charge in [-0.25, -0.2) is 0 Å². The van der Waals surface area contributed by atoms with Crippen molar-refractivity contribution in [2.45, 2.75) is 13.3 Å². The SMILES string of the molecule is Cc1ccccc1C(=O)NC(=S)NCCc1ccccc1. The molecule has 0 spiro atoms. The summed E-state index contributed by atoms with van der Waals surface area (Å²) in [6.07, 6.45) is 0.862. The highest BCUT2D eigenvalue weighted by atomic mass is 32.1. The molecule has 2 aromatic carbocycles. The summed E-state index contributed by atoms with van der Waals surface area (Å²) in [6, 6.07) is 17.6. The summed E-state index contributed by atoms with van der Waals surface area (Å²) in [5.41, 5.74) is 2.81. The Morgan fingerprint density at radius 3 is 2.43 bits per heavy atom. The lowest BCUT2D eigenvalue weighted by Gasteiger charge is -2.10. The Bertz CT molecular complexity index is 626. The molecule has 0 aliphatic heterocycles. The van der Waals surface area contributed by atoms with Crippen LogP contribution >= 0.6 is 12.2 Å². The minimum Gasteiger partial charge on any atom is -0.362 e. The molecule has 0 aromatic heterocycles. The highest BCUT2D eigenvalue weighted by molar-refractivity contribution is 7.80. The predicted molar refractivity (Wildman–Crippen MR) is 89.4 cm³/mol. The molecule has 0 aliphatic carbocycles. The van der Waals surface area contributed by atoms with Crippen LogP contribution in [0.1, 0.15) is 21.5 Å². The number of rotatable bonds is 4. The van der Waals surface area contributed by atoms with Crippen LogP contribution < -0.4 is 10.6 Å². The van der Waals surface area contributed by atoms with Gasteiger partial charge in [-0.05, 0) is 42.8 Å². The highest BCUT2D eigenvalue weighted by Crippen LogP contribution is 2.06. The van der Waals surface area contributed by atoms with Crippen LogP contribution in [0.5, 0.6) is 0 Å². The normalized spacial score (nSPS) is 9.95. The average molecular weight is 298 g/mol. The molecule has 4 heteroatoms. The summed E-state index contributed by atoms with van der Waals surface area (Å²) in [5.74, 6) is -0.176.